The van der Waals surface area contributed by atoms with E-state index in [2.05, 4.69) is 48.3 Å². The van der Waals surface area contributed by atoms with Gasteiger partial charge in [0.05, 0.1) is 6.04 Å². The van der Waals surface area contributed by atoms with Crippen molar-refractivity contribution < 1.29 is 14.3 Å². The number of allylic oxidation sites excluding steroid dienone is 3. The van der Waals surface area contributed by atoms with Gasteiger partial charge in [-0.05, 0) is 88.8 Å². The Morgan fingerprint density at radius 3 is 2.21 bits per heavy atom. The Morgan fingerprint density at radius 1 is 1.12 bits per heavy atom. The summed E-state index contributed by atoms with van der Waals surface area (Å²) in [7, 11) is 0. The maximum Gasteiger partial charge on any atom is 0.410 e. The zero-order chi connectivity index (χ0) is 31.8. The first-order valence-electron chi connectivity index (χ1n) is 15.8. The molecule has 2 N–H and O–H groups in total. The van der Waals surface area contributed by atoms with Crippen LogP contribution in [0.1, 0.15) is 111 Å². The summed E-state index contributed by atoms with van der Waals surface area (Å²) in [6.45, 7) is 17.0. The van der Waals surface area contributed by atoms with Gasteiger partial charge in [0.15, 0.2) is 0 Å². The van der Waals surface area contributed by atoms with Crippen LogP contribution in [0.4, 0.5) is 4.79 Å². The highest BCUT2D eigenvalue weighted by molar-refractivity contribution is 6.30. The number of aryl methyl sites for hydroxylation is 1. The first kappa shape index (κ1) is 39.4. The molecule has 1 saturated carbocycles. The second-order valence-electron chi connectivity index (χ2n) is 10.1. The summed E-state index contributed by atoms with van der Waals surface area (Å²) in [5.74, 6) is 0. The number of nitrogens with zero attached hydrogens (tertiary/aromatic N) is 2. The van der Waals surface area contributed by atoms with E-state index in [9.17, 15) is 9.59 Å². The third-order valence-corrected chi connectivity index (χ3v) is 7.26. The number of carbonyl (C=O) groups is 2. The minimum absolute atomic E-state index is 0.121. The summed E-state index contributed by atoms with van der Waals surface area (Å²) < 4.78 is 5.76. The van der Waals surface area contributed by atoms with E-state index in [1.807, 2.05) is 51.7 Å². The minimum atomic E-state index is -0.128. The third kappa shape index (κ3) is 15.5. The lowest BCUT2D eigenvalue weighted by Crippen LogP contribution is -2.50. The molecular formula is C34H57ClN4O3. The summed E-state index contributed by atoms with van der Waals surface area (Å²) in [5.41, 5.74) is 3.53. The molecule has 0 unspecified atom stereocenters. The van der Waals surface area contributed by atoms with Crippen LogP contribution in [-0.4, -0.2) is 60.8 Å². The molecule has 238 valence electrons. The van der Waals surface area contributed by atoms with E-state index in [1.54, 1.807) is 0 Å². The van der Waals surface area contributed by atoms with Crippen LogP contribution >= 0.6 is 11.6 Å². The van der Waals surface area contributed by atoms with Crippen molar-refractivity contribution in [1.29, 1.82) is 5.41 Å². The van der Waals surface area contributed by atoms with Gasteiger partial charge in [-0.25, -0.2) is 4.79 Å². The third-order valence-electron chi connectivity index (χ3n) is 7.03. The first-order chi connectivity index (χ1) is 20.3. The van der Waals surface area contributed by atoms with Gasteiger partial charge < -0.3 is 20.4 Å². The number of halogens is 1. The molecule has 3 rings (SSSR count). The Bertz CT molecular complexity index is 937. The Balaban J connectivity index is 0.00000109. The molecule has 7 nitrogen and oxygen atoms in total. The van der Waals surface area contributed by atoms with Crippen LogP contribution in [0.3, 0.4) is 0 Å². The number of carbonyl (C=O) groups excluding carboxylic acids is 2. The smallest absolute Gasteiger partial charge is 0.410 e. The zero-order valence-corrected chi connectivity index (χ0v) is 28.0. The predicted octanol–water partition coefficient (Wildman–Crippen LogP) is 8.72. The van der Waals surface area contributed by atoms with Crippen molar-refractivity contribution in [2.45, 2.75) is 112 Å². The van der Waals surface area contributed by atoms with Gasteiger partial charge in [0.2, 0.25) is 6.41 Å². The van der Waals surface area contributed by atoms with Gasteiger partial charge in [0.25, 0.3) is 0 Å². The average molecular weight is 605 g/mol. The van der Waals surface area contributed by atoms with Crippen molar-refractivity contribution in [3.8, 4) is 0 Å². The van der Waals surface area contributed by atoms with Gasteiger partial charge in [-0.2, -0.15) is 0 Å². The van der Waals surface area contributed by atoms with E-state index in [-0.39, 0.29) is 18.2 Å². The van der Waals surface area contributed by atoms with Crippen LogP contribution in [0, 0.1) is 5.41 Å². The molecule has 1 atom stereocenters. The molecular weight excluding hydrogens is 548 g/mol. The first-order valence-corrected chi connectivity index (χ1v) is 16.1. The van der Waals surface area contributed by atoms with Crippen LogP contribution in [0.15, 0.2) is 42.1 Å². The van der Waals surface area contributed by atoms with Crippen LogP contribution in [0.25, 0.3) is 0 Å². The Morgan fingerprint density at radius 2 is 1.74 bits per heavy atom. The minimum Gasteiger partial charge on any atom is -0.446 e. The normalized spacial score (nSPS) is 16.5. The van der Waals surface area contributed by atoms with Crippen molar-refractivity contribution in [2.24, 2.45) is 0 Å². The number of hydrogen-bond acceptors (Lipinski definition) is 5. The fourth-order valence-electron chi connectivity index (χ4n) is 4.71. The number of benzene rings is 1. The van der Waals surface area contributed by atoms with Crippen LogP contribution in [0.5, 0.6) is 0 Å². The van der Waals surface area contributed by atoms with E-state index < -0.39 is 0 Å². The maximum atomic E-state index is 12.6. The predicted molar refractivity (Wildman–Crippen MR) is 179 cm³/mol. The molecule has 0 bridgehead atoms. The Hall–Kier alpha value is -2.64. The number of nitrogens with one attached hydrogen (secondary N) is 2. The van der Waals surface area contributed by atoms with Gasteiger partial charge in [-0.1, -0.05) is 76.4 Å². The van der Waals surface area contributed by atoms with Crippen molar-refractivity contribution in [1.82, 2.24) is 15.1 Å². The highest BCUT2D eigenvalue weighted by atomic mass is 35.5. The molecule has 1 aromatic carbocycles. The summed E-state index contributed by atoms with van der Waals surface area (Å²) >= 11 is 6.26. The van der Waals surface area contributed by atoms with Crippen molar-refractivity contribution >= 4 is 30.3 Å². The quantitative estimate of drug-likeness (QED) is 0.168. The highest BCUT2D eigenvalue weighted by Crippen LogP contribution is 2.30. The number of rotatable bonds is 9. The van der Waals surface area contributed by atoms with Gasteiger partial charge in [0.1, 0.15) is 6.10 Å². The molecule has 42 heavy (non-hydrogen) atoms. The molecule has 1 aliphatic heterocycles. The molecule has 2 amide bonds. The Kier molecular flexibility index (Phi) is 23.3. The topological polar surface area (TPSA) is 85.7 Å². The second-order valence-corrected chi connectivity index (χ2v) is 10.5. The lowest BCUT2D eigenvalue weighted by atomic mass is 9.95. The van der Waals surface area contributed by atoms with E-state index in [0.717, 1.165) is 69.0 Å². The van der Waals surface area contributed by atoms with Crippen LogP contribution in [0.2, 0.25) is 5.02 Å². The van der Waals surface area contributed by atoms with E-state index in [4.69, 9.17) is 21.7 Å². The largest absolute Gasteiger partial charge is 0.446 e. The Labute approximate surface area is 261 Å². The van der Waals surface area contributed by atoms with Crippen LogP contribution < -0.4 is 5.32 Å². The molecule has 0 spiro atoms. The van der Waals surface area contributed by atoms with Gasteiger partial charge >= 0.3 is 6.09 Å². The monoisotopic (exact) mass is 604 g/mol. The molecule has 8 heteroatoms. The number of piperazine rings is 1. The average Bonchev–Trinajstić information content (AvgIpc) is 3.02. The molecule has 1 saturated heterocycles. The van der Waals surface area contributed by atoms with Crippen molar-refractivity contribution in [2.75, 3.05) is 26.2 Å². The molecule has 2 fully saturated rings. The molecule has 0 radical (unpaired) electrons. The fourth-order valence-corrected chi connectivity index (χ4v) is 4.91. The highest BCUT2D eigenvalue weighted by Gasteiger charge is 2.29. The lowest BCUT2D eigenvalue weighted by Gasteiger charge is -2.39. The van der Waals surface area contributed by atoms with Gasteiger partial charge in [-0.3, -0.25) is 9.69 Å². The number of hydrogen-bond donors (Lipinski definition) is 2. The molecule has 0 aromatic heterocycles. The van der Waals surface area contributed by atoms with Crippen LogP contribution in [-0.2, 0) is 16.0 Å². The number of ether oxygens (including phenoxy) is 1. The number of amides is 2. The summed E-state index contributed by atoms with van der Waals surface area (Å²) in [6.07, 6.45) is 16.9. The van der Waals surface area contributed by atoms with Gasteiger partial charge in [-0.15, -0.1) is 0 Å². The van der Waals surface area contributed by atoms with Gasteiger partial charge in [0, 0.05) is 36.9 Å². The van der Waals surface area contributed by atoms with Crippen molar-refractivity contribution in [3.63, 3.8) is 0 Å². The molecule has 1 aliphatic carbocycles. The zero-order valence-electron chi connectivity index (χ0n) is 27.3. The standard InChI is InChI=1S/C24H35ClN2O2.C5H9NO.C3H7N.C2H6/c1-3-8-19-18-20(25)12-13-22(19)23(9-4-2)26-14-16-27(17-15-26)24(28)29-21-10-6-5-7-11-21;1-3-5(2)6-4-7;1-2-3-4;1-2/h4,9,12-13,18,21,23H,3,5-8,10-11,14-17H2,1-2H3;3-4H,1-2H3,(H,6,7);3-4H,2H2,1H3;1-2H3/b9-4+;5-3+;;/t23-;;;/m0.../s1. The summed E-state index contributed by atoms with van der Waals surface area (Å²) in [4.78, 5) is 26.5. The SMILES string of the molecule is C/C=C(\C)NC=O.C/C=C/[C@@H](c1ccc(Cl)cc1CCC)N1CCN(C(=O)OC2CCCCC2)CC1.CC.CCC=N. The fraction of sp³-hybridized carbons (Fsp3) is 0.618. The summed E-state index contributed by atoms with van der Waals surface area (Å²) in [5, 5.41) is 9.60. The van der Waals surface area contributed by atoms with E-state index in [0.29, 0.717) is 6.41 Å². The molecule has 1 heterocycles. The van der Waals surface area contributed by atoms with Crippen molar-refractivity contribution in [3.05, 3.63) is 58.3 Å². The molecule has 1 aromatic rings. The maximum absolute atomic E-state index is 12.6. The lowest BCUT2D eigenvalue weighted by molar-refractivity contribution is -0.108. The summed E-state index contributed by atoms with van der Waals surface area (Å²) in [6, 6.07) is 6.48. The van der Waals surface area contributed by atoms with E-state index in [1.165, 1.54) is 36.6 Å². The second kappa shape index (κ2) is 24.9. The van der Waals surface area contributed by atoms with E-state index >= 15 is 0 Å². The molecule has 2 aliphatic rings.